The monoisotopic (exact) mass is 187 g/mol. The van der Waals surface area contributed by atoms with Gasteiger partial charge in [0, 0.05) is 5.92 Å². The van der Waals surface area contributed by atoms with E-state index in [0.29, 0.717) is 5.56 Å². The summed E-state index contributed by atoms with van der Waals surface area (Å²) < 4.78 is 0. The van der Waals surface area contributed by atoms with E-state index < -0.39 is 0 Å². The van der Waals surface area contributed by atoms with E-state index in [9.17, 15) is 4.79 Å². The lowest BCUT2D eigenvalue weighted by Crippen LogP contribution is -1.99. The lowest BCUT2D eigenvalue weighted by atomic mass is 9.94. The van der Waals surface area contributed by atoms with Gasteiger partial charge in [-0.2, -0.15) is 5.26 Å². The molecule has 1 rings (SSSR count). The van der Waals surface area contributed by atoms with E-state index >= 15 is 0 Å². The largest absolute Gasteiger partial charge is 0.303 e. The summed E-state index contributed by atoms with van der Waals surface area (Å²) in [4.78, 5) is 10.7. The molecule has 0 aliphatic carbocycles. The minimum absolute atomic E-state index is 0.198. The summed E-state index contributed by atoms with van der Waals surface area (Å²) in [7, 11) is 0. The first kappa shape index (κ1) is 10.5. The Morgan fingerprint density at radius 1 is 1.57 bits per heavy atom. The van der Waals surface area contributed by atoms with Gasteiger partial charge >= 0.3 is 0 Å². The van der Waals surface area contributed by atoms with E-state index in [4.69, 9.17) is 5.26 Å². The van der Waals surface area contributed by atoms with E-state index in [1.807, 2.05) is 19.1 Å². The second kappa shape index (κ2) is 4.57. The molecular formula is C12H13NO. The Labute approximate surface area is 84.2 Å². The number of carbonyl (C=O) groups excluding carboxylic acids is 1. The van der Waals surface area contributed by atoms with Crippen LogP contribution in [-0.4, -0.2) is 6.29 Å². The molecule has 1 aromatic rings. The van der Waals surface area contributed by atoms with Gasteiger partial charge < -0.3 is 4.79 Å². The number of nitrogens with zero attached hydrogens (tertiary/aromatic N) is 1. The van der Waals surface area contributed by atoms with Gasteiger partial charge in [0.05, 0.1) is 11.6 Å². The maximum Gasteiger partial charge on any atom is 0.127 e. The van der Waals surface area contributed by atoms with E-state index in [1.165, 1.54) is 0 Å². The summed E-state index contributed by atoms with van der Waals surface area (Å²) in [5, 5.41) is 8.86. The van der Waals surface area contributed by atoms with Crippen LogP contribution >= 0.6 is 0 Å². The molecule has 0 heterocycles. The van der Waals surface area contributed by atoms with E-state index in [1.54, 1.807) is 6.07 Å². The molecule has 72 valence electrons. The topological polar surface area (TPSA) is 40.9 Å². The number of hydrogen-bond donors (Lipinski definition) is 0. The van der Waals surface area contributed by atoms with Gasteiger partial charge in [0.2, 0.25) is 0 Å². The third-order valence-corrected chi connectivity index (χ3v) is 2.34. The van der Waals surface area contributed by atoms with E-state index in [-0.39, 0.29) is 5.92 Å². The third kappa shape index (κ3) is 2.00. The summed E-state index contributed by atoms with van der Waals surface area (Å²) in [6, 6.07) is 7.76. The van der Waals surface area contributed by atoms with Gasteiger partial charge in [-0.1, -0.05) is 26.0 Å². The molecule has 1 atom stereocenters. The van der Waals surface area contributed by atoms with Gasteiger partial charge in [-0.15, -0.1) is 0 Å². The minimum atomic E-state index is -0.198. The van der Waals surface area contributed by atoms with Gasteiger partial charge in [0.1, 0.15) is 6.29 Å². The molecule has 0 amide bonds. The fourth-order valence-electron chi connectivity index (χ4n) is 1.38. The Morgan fingerprint density at radius 3 is 2.79 bits per heavy atom. The zero-order valence-electron chi connectivity index (χ0n) is 8.45. The average molecular weight is 187 g/mol. The van der Waals surface area contributed by atoms with Gasteiger partial charge in [-0.05, 0) is 23.6 Å². The molecular weight excluding hydrogens is 174 g/mol. The first-order valence-corrected chi connectivity index (χ1v) is 4.71. The van der Waals surface area contributed by atoms with Crippen molar-refractivity contribution >= 4 is 6.29 Å². The predicted molar refractivity (Wildman–Crippen MR) is 55.0 cm³/mol. The van der Waals surface area contributed by atoms with E-state index in [2.05, 4.69) is 13.0 Å². The minimum Gasteiger partial charge on any atom is -0.303 e. The maximum absolute atomic E-state index is 10.7. The number of hydrogen-bond acceptors (Lipinski definition) is 2. The molecule has 0 radical (unpaired) electrons. The second-order valence-corrected chi connectivity index (χ2v) is 3.31. The zero-order valence-corrected chi connectivity index (χ0v) is 8.45. The van der Waals surface area contributed by atoms with Crippen LogP contribution in [0.25, 0.3) is 0 Å². The lowest BCUT2D eigenvalue weighted by Gasteiger charge is -2.08. The van der Waals surface area contributed by atoms with Crippen LogP contribution in [0.2, 0.25) is 0 Å². The first-order chi connectivity index (χ1) is 6.72. The molecule has 1 aromatic carbocycles. The highest BCUT2D eigenvalue weighted by atomic mass is 16.1. The van der Waals surface area contributed by atoms with Crippen molar-refractivity contribution < 1.29 is 4.79 Å². The molecule has 14 heavy (non-hydrogen) atoms. The van der Waals surface area contributed by atoms with Gasteiger partial charge in [0.15, 0.2) is 0 Å². The van der Waals surface area contributed by atoms with E-state index in [0.717, 1.165) is 23.8 Å². The molecule has 0 fully saturated rings. The average Bonchev–Trinajstić information content (AvgIpc) is 2.27. The number of carbonyl (C=O) groups is 1. The van der Waals surface area contributed by atoms with Crippen LogP contribution < -0.4 is 0 Å². The fourth-order valence-corrected chi connectivity index (χ4v) is 1.38. The van der Waals surface area contributed by atoms with Crippen molar-refractivity contribution in [2.24, 2.45) is 0 Å². The Kier molecular flexibility index (Phi) is 3.41. The zero-order chi connectivity index (χ0) is 10.6. The number of nitriles is 1. The summed E-state index contributed by atoms with van der Waals surface area (Å²) >= 11 is 0. The highest BCUT2D eigenvalue weighted by molar-refractivity contribution is 5.64. The quantitative estimate of drug-likeness (QED) is 0.682. The van der Waals surface area contributed by atoms with Crippen LogP contribution in [0.5, 0.6) is 0 Å². The van der Waals surface area contributed by atoms with Crippen molar-refractivity contribution in [3.05, 3.63) is 34.9 Å². The Bertz CT molecular complexity index is 376. The fraction of sp³-hybridized carbons (Fsp3) is 0.333. The van der Waals surface area contributed by atoms with Crippen molar-refractivity contribution in [1.82, 2.24) is 0 Å². The van der Waals surface area contributed by atoms with Gasteiger partial charge in [-0.25, -0.2) is 0 Å². The molecule has 2 nitrogen and oxygen atoms in total. The summed E-state index contributed by atoms with van der Waals surface area (Å²) in [6.45, 7) is 3.86. The second-order valence-electron chi connectivity index (χ2n) is 3.31. The molecule has 0 aliphatic heterocycles. The Morgan fingerprint density at radius 2 is 2.29 bits per heavy atom. The first-order valence-electron chi connectivity index (χ1n) is 4.71. The van der Waals surface area contributed by atoms with Crippen LogP contribution in [0.15, 0.2) is 18.2 Å². The van der Waals surface area contributed by atoms with Crippen molar-refractivity contribution in [1.29, 1.82) is 5.26 Å². The number of benzene rings is 1. The van der Waals surface area contributed by atoms with Crippen molar-refractivity contribution in [3.63, 3.8) is 0 Å². The van der Waals surface area contributed by atoms with Crippen LogP contribution in [-0.2, 0) is 11.2 Å². The van der Waals surface area contributed by atoms with Crippen molar-refractivity contribution in [2.45, 2.75) is 26.2 Å². The third-order valence-electron chi connectivity index (χ3n) is 2.34. The Hall–Kier alpha value is -1.62. The van der Waals surface area contributed by atoms with Gasteiger partial charge in [0.25, 0.3) is 0 Å². The SMILES string of the molecule is CCc1ccc(C#N)c(C(C)C=O)c1. The molecule has 0 saturated heterocycles. The number of aldehydes is 1. The Balaban J connectivity index is 3.22. The molecule has 2 heteroatoms. The smallest absolute Gasteiger partial charge is 0.127 e. The van der Waals surface area contributed by atoms with Crippen LogP contribution in [0.4, 0.5) is 0 Å². The van der Waals surface area contributed by atoms with Crippen LogP contribution in [0, 0.1) is 11.3 Å². The molecule has 0 saturated carbocycles. The molecule has 0 aliphatic rings. The van der Waals surface area contributed by atoms with Crippen molar-refractivity contribution in [2.75, 3.05) is 0 Å². The normalized spacial score (nSPS) is 11.8. The highest BCUT2D eigenvalue weighted by Gasteiger charge is 2.09. The van der Waals surface area contributed by atoms with Crippen LogP contribution in [0.3, 0.4) is 0 Å². The predicted octanol–water partition coefficient (Wildman–Crippen LogP) is 2.42. The van der Waals surface area contributed by atoms with Crippen LogP contribution in [0.1, 0.15) is 36.5 Å². The molecule has 0 N–H and O–H groups in total. The summed E-state index contributed by atoms with van der Waals surface area (Å²) in [5.41, 5.74) is 2.59. The molecule has 0 aromatic heterocycles. The molecule has 0 bridgehead atoms. The maximum atomic E-state index is 10.7. The molecule has 1 unspecified atom stereocenters. The highest BCUT2D eigenvalue weighted by Crippen LogP contribution is 2.19. The summed E-state index contributed by atoms with van der Waals surface area (Å²) in [6.07, 6.45) is 1.79. The standard InChI is InChI=1S/C12H13NO/c1-3-10-4-5-11(7-13)12(6-10)9(2)8-14/h4-6,8-9H,3H2,1-2H3. The lowest BCUT2D eigenvalue weighted by molar-refractivity contribution is -0.108. The van der Waals surface area contributed by atoms with Gasteiger partial charge in [-0.3, -0.25) is 0 Å². The summed E-state index contributed by atoms with van der Waals surface area (Å²) in [5.74, 6) is -0.198. The van der Waals surface area contributed by atoms with Crippen molar-refractivity contribution in [3.8, 4) is 6.07 Å². The number of rotatable bonds is 3. The molecule has 0 spiro atoms. The number of aryl methyl sites for hydroxylation is 1.